The summed E-state index contributed by atoms with van der Waals surface area (Å²) in [6.07, 6.45) is -1.17. The smallest absolute Gasteiger partial charge is 0.329 e. The first kappa shape index (κ1) is 17.6. The van der Waals surface area contributed by atoms with Gasteiger partial charge in [0, 0.05) is 29.5 Å². The van der Waals surface area contributed by atoms with Crippen LogP contribution in [0, 0.1) is 0 Å². The Kier molecular flexibility index (Phi) is 4.61. The predicted molar refractivity (Wildman–Crippen MR) is 94.9 cm³/mol. The van der Waals surface area contributed by atoms with E-state index in [-0.39, 0.29) is 5.82 Å². The summed E-state index contributed by atoms with van der Waals surface area (Å²) < 4.78 is 43.8. The normalized spacial score (nSPS) is 12.0. The van der Waals surface area contributed by atoms with Gasteiger partial charge in [-0.1, -0.05) is 35.5 Å². The highest BCUT2D eigenvalue weighted by atomic mass is 32.2. The van der Waals surface area contributed by atoms with Crippen molar-refractivity contribution in [3.8, 4) is 11.4 Å². The van der Waals surface area contributed by atoms with Gasteiger partial charge in [-0.25, -0.2) is 4.98 Å². The maximum atomic E-state index is 12.6. The SMILES string of the molecule is FC(F)(F)c1nc(-c2ccc3nc(CSCc4ccccc4)cn3c2)no1. The highest BCUT2D eigenvalue weighted by molar-refractivity contribution is 7.97. The standard InChI is InChI=1S/C18H13F3N4OS/c19-18(20,21)17-23-16(24-26-17)13-6-7-15-22-14(9-25(15)8-13)11-27-10-12-4-2-1-3-5-12/h1-9H,10-11H2. The average Bonchev–Trinajstić information content (AvgIpc) is 3.28. The summed E-state index contributed by atoms with van der Waals surface area (Å²) in [5, 5.41) is 3.41. The molecule has 3 aromatic heterocycles. The van der Waals surface area contributed by atoms with Gasteiger partial charge in [0.15, 0.2) is 0 Å². The van der Waals surface area contributed by atoms with E-state index in [1.165, 1.54) is 5.56 Å². The number of aromatic nitrogens is 4. The molecule has 3 heterocycles. The molecule has 27 heavy (non-hydrogen) atoms. The molecular weight excluding hydrogens is 377 g/mol. The van der Waals surface area contributed by atoms with E-state index in [4.69, 9.17) is 0 Å². The number of fused-ring (bicyclic) bond motifs is 1. The highest BCUT2D eigenvalue weighted by Gasteiger charge is 2.38. The topological polar surface area (TPSA) is 56.2 Å². The van der Waals surface area contributed by atoms with Crippen molar-refractivity contribution in [3.63, 3.8) is 0 Å². The van der Waals surface area contributed by atoms with Crippen LogP contribution in [-0.4, -0.2) is 19.5 Å². The lowest BCUT2D eigenvalue weighted by molar-refractivity contribution is -0.159. The largest absolute Gasteiger partial charge is 0.471 e. The summed E-state index contributed by atoms with van der Waals surface area (Å²) in [4.78, 5) is 7.93. The van der Waals surface area contributed by atoms with Crippen molar-refractivity contribution >= 4 is 17.4 Å². The van der Waals surface area contributed by atoms with E-state index in [0.29, 0.717) is 11.2 Å². The minimum atomic E-state index is -4.66. The number of hydrogen-bond acceptors (Lipinski definition) is 5. The predicted octanol–water partition coefficient (Wildman–Crippen LogP) is 4.84. The lowest BCUT2D eigenvalue weighted by Crippen LogP contribution is -2.04. The average molecular weight is 390 g/mol. The van der Waals surface area contributed by atoms with Gasteiger partial charge < -0.3 is 8.92 Å². The third-order valence-electron chi connectivity index (χ3n) is 3.79. The number of thioether (sulfide) groups is 1. The van der Waals surface area contributed by atoms with E-state index in [1.54, 1.807) is 34.5 Å². The van der Waals surface area contributed by atoms with Gasteiger partial charge in [0.25, 0.3) is 0 Å². The van der Waals surface area contributed by atoms with Crippen LogP contribution in [0.3, 0.4) is 0 Å². The molecule has 9 heteroatoms. The zero-order valence-electron chi connectivity index (χ0n) is 13.8. The Hall–Kier alpha value is -2.81. The molecule has 0 aliphatic heterocycles. The van der Waals surface area contributed by atoms with E-state index in [1.807, 2.05) is 24.4 Å². The van der Waals surface area contributed by atoms with E-state index in [2.05, 4.69) is 31.8 Å². The fourth-order valence-corrected chi connectivity index (χ4v) is 3.43. The van der Waals surface area contributed by atoms with Crippen molar-refractivity contribution < 1.29 is 17.7 Å². The van der Waals surface area contributed by atoms with Crippen molar-refractivity contribution in [2.45, 2.75) is 17.7 Å². The summed E-state index contributed by atoms with van der Waals surface area (Å²) in [5.41, 5.74) is 3.25. The lowest BCUT2D eigenvalue weighted by atomic mass is 10.2. The van der Waals surface area contributed by atoms with Crippen LogP contribution in [0.25, 0.3) is 17.0 Å². The summed E-state index contributed by atoms with van der Waals surface area (Å²) in [6, 6.07) is 13.5. The maximum Gasteiger partial charge on any atom is 0.471 e. The number of pyridine rings is 1. The first-order valence-electron chi connectivity index (χ1n) is 7.99. The van der Waals surface area contributed by atoms with Crippen LogP contribution >= 0.6 is 11.8 Å². The van der Waals surface area contributed by atoms with Crippen molar-refractivity contribution in [1.82, 2.24) is 19.5 Å². The third-order valence-corrected chi connectivity index (χ3v) is 4.83. The van der Waals surface area contributed by atoms with Gasteiger partial charge in [-0.3, -0.25) is 0 Å². The number of hydrogen-bond donors (Lipinski definition) is 0. The minimum absolute atomic E-state index is 0.113. The Morgan fingerprint density at radius 2 is 1.78 bits per heavy atom. The number of alkyl halides is 3. The molecule has 0 atom stereocenters. The molecule has 0 radical (unpaired) electrons. The molecule has 0 unspecified atom stereocenters. The Morgan fingerprint density at radius 1 is 0.963 bits per heavy atom. The van der Waals surface area contributed by atoms with Gasteiger partial charge >= 0.3 is 12.1 Å². The second kappa shape index (κ2) is 7.07. The molecule has 138 valence electrons. The van der Waals surface area contributed by atoms with E-state index < -0.39 is 12.1 Å². The zero-order chi connectivity index (χ0) is 18.9. The number of benzene rings is 1. The van der Waals surface area contributed by atoms with Crippen LogP contribution in [0.15, 0.2) is 59.4 Å². The van der Waals surface area contributed by atoms with Crippen molar-refractivity contribution in [2.75, 3.05) is 0 Å². The van der Waals surface area contributed by atoms with E-state index in [0.717, 1.165) is 17.2 Å². The Labute approximate surface area is 156 Å². The van der Waals surface area contributed by atoms with Crippen LogP contribution < -0.4 is 0 Å². The fourth-order valence-electron chi connectivity index (χ4n) is 2.55. The van der Waals surface area contributed by atoms with E-state index in [9.17, 15) is 13.2 Å². The molecule has 0 fully saturated rings. The number of rotatable bonds is 5. The molecule has 0 saturated heterocycles. The molecule has 5 nitrogen and oxygen atoms in total. The lowest BCUT2D eigenvalue weighted by Gasteiger charge is -1.99. The second-order valence-corrected chi connectivity index (χ2v) is 6.80. The summed E-state index contributed by atoms with van der Waals surface area (Å²) >= 11 is 1.74. The monoisotopic (exact) mass is 390 g/mol. The molecular formula is C18H13F3N4OS. The summed E-state index contributed by atoms with van der Waals surface area (Å²) in [5.74, 6) is 0.134. The Bertz CT molecular complexity index is 1060. The van der Waals surface area contributed by atoms with Crippen LogP contribution in [-0.2, 0) is 17.7 Å². The zero-order valence-corrected chi connectivity index (χ0v) is 14.7. The first-order valence-corrected chi connectivity index (χ1v) is 9.15. The molecule has 0 saturated carbocycles. The van der Waals surface area contributed by atoms with Gasteiger partial charge in [-0.15, -0.1) is 0 Å². The number of nitrogens with zero attached hydrogens (tertiary/aromatic N) is 4. The molecule has 4 aromatic rings. The molecule has 0 aliphatic rings. The van der Waals surface area contributed by atoms with Crippen LogP contribution in [0.1, 0.15) is 17.1 Å². The van der Waals surface area contributed by atoms with Gasteiger partial charge in [-0.2, -0.15) is 29.9 Å². The van der Waals surface area contributed by atoms with Crippen LogP contribution in [0.4, 0.5) is 13.2 Å². The van der Waals surface area contributed by atoms with Crippen LogP contribution in [0.5, 0.6) is 0 Å². The van der Waals surface area contributed by atoms with Crippen LogP contribution in [0.2, 0.25) is 0 Å². The second-order valence-electron chi connectivity index (χ2n) is 5.81. The van der Waals surface area contributed by atoms with Gasteiger partial charge in [0.2, 0.25) is 5.82 Å². The van der Waals surface area contributed by atoms with Crippen molar-refractivity contribution in [3.05, 3.63) is 72.0 Å². The Morgan fingerprint density at radius 3 is 2.52 bits per heavy atom. The number of halogens is 3. The summed E-state index contributed by atoms with van der Waals surface area (Å²) in [7, 11) is 0. The van der Waals surface area contributed by atoms with Crippen molar-refractivity contribution in [2.24, 2.45) is 0 Å². The highest BCUT2D eigenvalue weighted by Crippen LogP contribution is 2.29. The molecule has 0 spiro atoms. The summed E-state index contributed by atoms with van der Waals surface area (Å²) in [6.45, 7) is 0. The quantitative estimate of drug-likeness (QED) is 0.488. The molecule has 4 rings (SSSR count). The van der Waals surface area contributed by atoms with Gasteiger partial charge in [0.05, 0.1) is 5.69 Å². The first-order chi connectivity index (χ1) is 13.0. The van der Waals surface area contributed by atoms with Gasteiger partial charge in [-0.05, 0) is 17.7 Å². The van der Waals surface area contributed by atoms with Crippen molar-refractivity contribution in [1.29, 1.82) is 0 Å². The number of imidazole rings is 1. The maximum absolute atomic E-state index is 12.6. The minimum Gasteiger partial charge on any atom is -0.329 e. The molecule has 0 aliphatic carbocycles. The molecule has 0 N–H and O–H groups in total. The van der Waals surface area contributed by atoms with E-state index >= 15 is 0 Å². The molecule has 1 aromatic carbocycles. The third kappa shape index (κ3) is 3.97. The molecule has 0 amide bonds. The molecule has 0 bridgehead atoms. The fraction of sp³-hybridized carbons (Fsp3) is 0.167. The van der Waals surface area contributed by atoms with Gasteiger partial charge in [0.1, 0.15) is 5.65 Å². The Balaban J connectivity index is 1.49.